The summed E-state index contributed by atoms with van der Waals surface area (Å²) in [6, 6.07) is 2.11. The van der Waals surface area contributed by atoms with Crippen LogP contribution in [-0.4, -0.2) is 29.0 Å². The van der Waals surface area contributed by atoms with E-state index in [2.05, 4.69) is 22.4 Å². The van der Waals surface area contributed by atoms with Gasteiger partial charge in [0.25, 0.3) is 0 Å². The van der Waals surface area contributed by atoms with Crippen LogP contribution in [0.2, 0.25) is 5.15 Å². The Morgan fingerprint density at radius 2 is 2.50 bits per heavy atom. The van der Waals surface area contributed by atoms with E-state index in [1.807, 2.05) is 0 Å². The zero-order valence-electron chi connectivity index (χ0n) is 7.90. The Hall–Kier alpha value is -0.870. The molecule has 0 spiro atoms. The molecule has 2 unspecified atom stereocenters. The summed E-state index contributed by atoms with van der Waals surface area (Å²) in [5, 5.41) is 11.2. The molecule has 0 bridgehead atoms. The van der Waals surface area contributed by atoms with E-state index in [-0.39, 0.29) is 6.10 Å². The van der Waals surface area contributed by atoms with Crippen molar-refractivity contribution in [3.63, 3.8) is 0 Å². The van der Waals surface area contributed by atoms with Crippen LogP contribution in [0.5, 0.6) is 0 Å². The lowest BCUT2D eigenvalue weighted by Gasteiger charge is -2.16. The first-order valence-electron chi connectivity index (χ1n) is 4.62. The maximum atomic E-state index is 5.72. The summed E-state index contributed by atoms with van der Waals surface area (Å²) in [5.74, 6) is 0. The maximum Gasteiger partial charge on any atom is 0.153 e. The first kappa shape index (κ1) is 9.68. The molecule has 2 atom stereocenters. The van der Waals surface area contributed by atoms with Crippen LogP contribution in [0.4, 0.5) is 5.69 Å². The highest BCUT2D eigenvalue weighted by atomic mass is 35.5. The molecule has 0 aromatic carbocycles. The Bertz CT molecular complexity index is 321. The van der Waals surface area contributed by atoms with E-state index in [9.17, 15) is 0 Å². The first-order chi connectivity index (χ1) is 6.75. The molecule has 4 nitrogen and oxygen atoms in total. The molecule has 14 heavy (non-hydrogen) atoms. The summed E-state index contributed by atoms with van der Waals surface area (Å²) in [6.45, 7) is 2.87. The molecule has 1 N–H and O–H groups in total. The molecule has 2 rings (SSSR count). The molecular formula is C9H12ClN3O. The number of rotatable bonds is 2. The highest BCUT2D eigenvalue weighted by molar-refractivity contribution is 6.29. The number of anilines is 1. The van der Waals surface area contributed by atoms with E-state index in [0.717, 1.165) is 18.7 Å². The van der Waals surface area contributed by atoms with Crippen LogP contribution < -0.4 is 5.32 Å². The second-order valence-corrected chi connectivity index (χ2v) is 3.77. The van der Waals surface area contributed by atoms with E-state index in [4.69, 9.17) is 16.3 Å². The SMILES string of the molecule is CC1OCCC1Nc1cnnc(Cl)c1. The Morgan fingerprint density at radius 1 is 1.64 bits per heavy atom. The average molecular weight is 214 g/mol. The Morgan fingerprint density at radius 3 is 3.14 bits per heavy atom. The van der Waals surface area contributed by atoms with Crippen LogP contribution in [0.15, 0.2) is 12.3 Å². The van der Waals surface area contributed by atoms with E-state index < -0.39 is 0 Å². The third-order valence-electron chi connectivity index (χ3n) is 2.35. The van der Waals surface area contributed by atoms with Crippen LogP contribution in [0.25, 0.3) is 0 Å². The zero-order chi connectivity index (χ0) is 9.97. The van der Waals surface area contributed by atoms with Crippen molar-refractivity contribution in [2.24, 2.45) is 0 Å². The largest absolute Gasteiger partial charge is 0.378 e. The van der Waals surface area contributed by atoms with Crippen molar-refractivity contribution < 1.29 is 4.74 Å². The third kappa shape index (κ3) is 2.13. The monoisotopic (exact) mass is 213 g/mol. The fourth-order valence-electron chi connectivity index (χ4n) is 1.55. The lowest BCUT2D eigenvalue weighted by atomic mass is 10.1. The Balaban J connectivity index is 2.03. The molecule has 1 aliphatic heterocycles. The van der Waals surface area contributed by atoms with Crippen molar-refractivity contribution in [2.75, 3.05) is 11.9 Å². The summed E-state index contributed by atoms with van der Waals surface area (Å²) in [4.78, 5) is 0. The molecule has 1 aliphatic rings. The van der Waals surface area contributed by atoms with Crippen molar-refractivity contribution in [2.45, 2.75) is 25.5 Å². The van der Waals surface area contributed by atoms with Gasteiger partial charge in [-0.05, 0) is 13.3 Å². The number of nitrogens with one attached hydrogen (secondary N) is 1. The van der Waals surface area contributed by atoms with Gasteiger partial charge >= 0.3 is 0 Å². The maximum absolute atomic E-state index is 5.72. The molecular weight excluding hydrogens is 202 g/mol. The number of ether oxygens (including phenoxy) is 1. The van der Waals surface area contributed by atoms with Crippen LogP contribution in [0, 0.1) is 0 Å². The molecule has 0 saturated carbocycles. The number of aromatic nitrogens is 2. The summed E-state index contributed by atoms with van der Waals surface area (Å²) in [7, 11) is 0. The molecule has 1 saturated heterocycles. The van der Waals surface area contributed by atoms with Gasteiger partial charge < -0.3 is 10.1 Å². The van der Waals surface area contributed by atoms with Gasteiger partial charge in [0.2, 0.25) is 0 Å². The molecule has 1 aromatic heterocycles. The number of hydrogen-bond donors (Lipinski definition) is 1. The second kappa shape index (κ2) is 4.11. The quantitative estimate of drug-likeness (QED) is 0.813. The summed E-state index contributed by atoms with van der Waals surface area (Å²) in [6.07, 6.45) is 2.92. The lowest BCUT2D eigenvalue weighted by molar-refractivity contribution is 0.121. The van der Waals surface area contributed by atoms with Gasteiger partial charge in [0, 0.05) is 12.7 Å². The minimum Gasteiger partial charge on any atom is -0.378 e. The predicted molar refractivity (Wildman–Crippen MR) is 54.5 cm³/mol. The lowest BCUT2D eigenvalue weighted by Crippen LogP contribution is -2.26. The summed E-state index contributed by atoms with van der Waals surface area (Å²) in [5.41, 5.74) is 0.896. The Kier molecular flexibility index (Phi) is 2.84. The van der Waals surface area contributed by atoms with Gasteiger partial charge in [-0.15, -0.1) is 5.10 Å². The number of nitrogens with zero attached hydrogens (tertiary/aromatic N) is 2. The van der Waals surface area contributed by atoms with E-state index >= 15 is 0 Å². The van der Waals surface area contributed by atoms with Crippen LogP contribution in [-0.2, 0) is 4.74 Å². The fraction of sp³-hybridized carbons (Fsp3) is 0.556. The highest BCUT2D eigenvalue weighted by Gasteiger charge is 2.23. The molecule has 2 heterocycles. The topological polar surface area (TPSA) is 47.0 Å². The van der Waals surface area contributed by atoms with Gasteiger partial charge in [-0.2, -0.15) is 5.10 Å². The average Bonchev–Trinajstić information content (AvgIpc) is 2.52. The summed E-state index contributed by atoms with van der Waals surface area (Å²) < 4.78 is 5.44. The number of halogens is 1. The van der Waals surface area contributed by atoms with Crippen molar-refractivity contribution in [3.05, 3.63) is 17.4 Å². The van der Waals surface area contributed by atoms with Gasteiger partial charge in [-0.3, -0.25) is 0 Å². The van der Waals surface area contributed by atoms with Crippen molar-refractivity contribution in [1.82, 2.24) is 10.2 Å². The molecule has 0 amide bonds. The fourth-order valence-corrected chi connectivity index (χ4v) is 1.72. The standard InChI is InChI=1S/C9H12ClN3O/c1-6-8(2-3-14-6)12-7-4-9(10)13-11-5-7/h4-6,8H,2-3H2,1H3,(H,12,13). The molecule has 1 aromatic rings. The van der Waals surface area contributed by atoms with Crippen LogP contribution in [0.1, 0.15) is 13.3 Å². The minimum absolute atomic E-state index is 0.238. The molecule has 5 heteroatoms. The molecule has 0 radical (unpaired) electrons. The van der Waals surface area contributed by atoms with Crippen molar-refractivity contribution >= 4 is 17.3 Å². The molecule has 1 fully saturated rings. The first-order valence-corrected chi connectivity index (χ1v) is 5.00. The van der Waals surface area contributed by atoms with Gasteiger partial charge in [0.1, 0.15) is 0 Å². The van der Waals surface area contributed by atoms with Gasteiger partial charge in [-0.1, -0.05) is 11.6 Å². The minimum atomic E-state index is 0.238. The van der Waals surface area contributed by atoms with Crippen LogP contribution in [0.3, 0.4) is 0 Å². The highest BCUT2D eigenvalue weighted by Crippen LogP contribution is 2.19. The third-order valence-corrected chi connectivity index (χ3v) is 2.54. The van der Waals surface area contributed by atoms with Crippen molar-refractivity contribution in [3.8, 4) is 0 Å². The molecule has 76 valence electrons. The van der Waals surface area contributed by atoms with Gasteiger partial charge in [-0.25, -0.2) is 0 Å². The van der Waals surface area contributed by atoms with E-state index in [1.165, 1.54) is 0 Å². The predicted octanol–water partition coefficient (Wildman–Crippen LogP) is 1.72. The van der Waals surface area contributed by atoms with Gasteiger partial charge in [0.05, 0.1) is 24.0 Å². The second-order valence-electron chi connectivity index (χ2n) is 3.38. The van der Waals surface area contributed by atoms with Crippen LogP contribution >= 0.6 is 11.6 Å². The van der Waals surface area contributed by atoms with Gasteiger partial charge in [0.15, 0.2) is 5.15 Å². The molecule has 0 aliphatic carbocycles. The summed E-state index contributed by atoms with van der Waals surface area (Å²) >= 11 is 5.72. The van der Waals surface area contributed by atoms with E-state index in [1.54, 1.807) is 12.3 Å². The Labute approximate surface area is 87.6 Å². The number of hydrogen-bond acceptors (Lipinski definition) is 4. The van der Waals surface area contributed by atoms with E-state index in [0.29, 0.717) is 11.2 Å². The zero-order valence-corrected chi connectivity index (χ0v) is 8.66. The normalized spacial score (nSPS) is 26.4. The van der Waals surface area contributed by atoms with Crippen molar-refractivity contribution in [1.29, 1.82) is 0 Å². The smallest absolute Gasteiger partial charge is 0.153 e.